The highest BCUT2D eigenvalue weighted by molar-refractivity contribution is 7.26. The van der Waals surface area contributed by atoms with Gasteiger partial charge in [0.05, 0.1) is 44.5 Å². The molecule has 6 nitrogen and oxygen atoms in total. The van der Waals surface area contributed by atoms with Crippen molar-refractivity contribution in [3.63, 3.8) is 0 Å². The van der Waals surface area contributed by atoms with Crippen LogP contribution in [0.2, 0.25) is 0 Å². The molecule has 107 heavy (non-hydrogen) atoms. The molecule has 6 heterocycles. The van der Waals surface area contributed by atoms with E-state index in [9.17, 15) is 0 Å². The maximum atomic E-state index is 5.49. The summed E-state index contributed by atoms with van der Waals surface area (Å²) in [6.07, 6.45) is 0. The van der Waals surface area contributed by atoms with E-state index >= 15 is 0 Å². The van der Waals surface area contributed by atoms with Gasteiger partial charge in [0.1, 0.15) is 0 Å². The molecule has 0 amide bonds. The van der Waals surface area contributed by atoms with Gasteiger partial charge in [-0.3, -0.25) is 9.13 Å². The van der Waals surface area contributed by atoms with Crippen molar-refractivity contribution in [2.24, 2.45) is 0 Å². The minimum absolute atomic E-state index is 0.108. The third-order valence-electron chi connectivity index (χ3n) is 22.4. The van der Waals surface area contributed by atoms with Gasteiger partial charge in [-0.1, -0.05) is 281 Å². The lowest BCUT2D eigenvalue weighted by molar-refractivity contribution is 0.660. The largest absolute Gasteiger partial charge is 0.278 e. The van der Waals surface area contributed by atoms with Gasteiger partial charge in [-0.05, 0) is 150 Å². The van der Waals surface area contributed by atoms with E-state index in [2.05, 4.69) is 363 Å². The van der Waals surface area contributed by atoms with Crippen LogP contribution in [0.3, 0.4) is 0 Å². The molecular weight excluding hydrogens is 1340 g/mol. The molecule has 6 aromatic heterocycles. The predicted molar refractivity (Wildman–Crippen MR) is 453 cm³/mol. The average molecular weight is 1400 g/mol. The minimum Gasteiger partial charge on any atom is -0.278 e. The first kappa shape index (κ1) is 61.3. The van der Waals surface area contributed by atoms with Crippen LogP contribution < -0.4 is 0 Å². The van der Waals surface area contributed by atoms with E-state index < -0.39 is 0 Å². The first-order valence-electron chi connectivity index (χ1n) is 36.5. The summed E-state index contributed by atoms with van der Waals surface area (Å²) in [7, 11) is 0. The molecule has 0 N–H and O–H groups in total. The quantitative estimate of drug-likeness (QED) is 0.160. The topological polar surface area (TPSA) is 61.4 Å². The first-order valence-corrected chi connectivity index (χ1v) is 38.1. The van der Waals surface area contributed by atoms with E-state index in [1.165, 1.54) is 134 Å². The number of rotatable bonds is 7. The maximum Gasteiger partial charge on any atom is 0.235 e. The van der Waals surface area contributed by atoms with Crippen molar-refractivity contribution >= 4 is 150 Å². The highest BCUT2D eigenvalue weighted by atomic mass is 32.1. The molecule has 1 aliphatic rings. The van der Waals surface area contributed by atoms with E-state index in [0.29, 0.717) is 11.9 Å². The maximum absolute atomic E-state index is 5.49. The van der Waals surface area contributed by atoms with Crippen LogP contribution in [-0.4, -0.2) is 29.1 Å². The molecule has 0 bridgehead atoms. The van der Waals surface area contributed by atoms with E-state index in [1.807, 2.05) is 22.7 Å². The Balaban J connectivity index is 0.000000133. The fraction of sp³-hybridized carbons (Fsp3) is 0.0303. The van der Waals surface area contributed by atoms with Gasteiger partial charge in [0.25, 0.3) is 0 Å². The van der Waals surface area contributed by atoms with Crippen molar-refractivity contribution in [1.29, 1.82) is 0 Å². The Kier molecular flexibility index (Phi) is 13.7. The van der Waals surface area contributed by atoms with Gasteiger partial charge in [-0.25, -0.2) is 19.9 Å². The Bertz CT molecular complexity index is 7500. The van der Waals surface area contributed by atoms with Crippen molar-refractivity contribution in [1.82, 2.24) is 29.1 Å². The zero-order valence-corrected chi connectivity index (χ0v) is 60.0. The normalized spacial score (nSPS) is 12.7. The van der Waals surface area contributed by atoms with Gasteiger partial charge < -0.3 is 0 Å². The molecule has 0 spiro atoms. The molecular formula is C99H62N6S2. The number of thiophene rings is 2. The molecule has 23 rings (SSSR count). The van der Waals surface area contributed by atoms with Crippen LogP contribution in [0.5, 0.6) is 0 Å². The Labute approximate surface area is 623 Å². The first-order chi connectivity index (χ1) is 52.8. The molecule has 8 heteroatoms. The summed E-state index contributed by atoms with van der Waals surface area (Å²) in [5.74, 6) is 1.34. The van der Waals surface area contributed by atoms with Crippen LogP contribution in [0.15, 0.2) is 340 Å². The van der Waals surface area contributed by atoms with E-state index in [4.69, 9.17) is 19.9 Å². The number of para-hydroxylation sites is 4. The van der Waals surface area contributed by atoms with Crippen LogP contribution >= 0.6 is 22.7 Å². The zero-order chi connectivity index (χ0) is 70.6. The summed E-state index contributed by atoms with van der Waals surface area (Å²) in [6.45, 7) is 4.67. The summed E-state index contributed by atoms with van der Waals surface area (Å²) >= 11 is 3.75. The molecule has 0 radical (unpaired) electrons. The number of fused-ring (bicyclic) bond motifs is 21. The zero-order valence-electron chi connectivity index (χ0n) is 58.3. The standard InChI is InChI=1S/C51H33N3S.C48H29N3S/c1-51(2)41-18-7-3-12-34(41)35-26-24-32(29-42(35)51)48-38-14-4-8-19-43(38)52-50(53-48)54-44-20-9-5-15-39(44)47-40-28-31(23-22-30(40)25-27-45(47)54)33-16-11-17-37-36-13-6-10-21-46(36)55-49(33)37;1-2-12-30(13-3-1)32-14-10-15-34(28-32)46-38-17-4-7-21-41(38)49-48(50-46)51-42-22-8-5-18-39(42)45-40-29-33(25-24-31(40)26-27-43(45)51)35-19-11-20-37-36-16-6-9-23-44(36)52-47(35)37/h3-29H,1-2H3;1-29H. The second kappa shape index (κ2) is 23.9. The smallest absolute Gasteiger partial charge is 0.235 e. The van der Waals surface area contributed by atoms with Crippen LogP contribution in [0.4, 0.5) is 0 Å². The fourth-order valence-corrected chi connectivity index (χ4v) is 19.9. The minimum atomic E-state index is -0.108. The van der Waals surface area contributed by atoms with Gasteiger partial charge in [-0.15, -0.1) is 22.7 Å². The highest BCUT2D eigenvalue weighted by Crippen LogP contribution is 2.51. The van der Waals surface area contributed by atoms with Gasteiger partial charge >= 0.3 is 0 Å². The molecule has 0 aliphatic heterocycles. The lowest BCUT2D eigenvalue weighted by atomic mass is 9.82. The molecule has 500 valence electrons. The molecule has 0 saturated carbocycles. The molecule has 22 aromatic rings. The van der Waals surface area contributed by atoms with Crippen molar-refractivity contribution in [3.05, 3.63) is 351 Å². The number of aromatic nitrogens is 6. The summed E-state index contributed by atoms with van der Waals surface area (Å²) in [6, 6.07) is 123. The monoisotopic (exact) mass is 1400 g/mol. The number of hydrogen-bond donors (Lipinski definition) is 0. The van der Waals surface area contributed by atoms with Crippen LogP contribution in [0.1, 0.15) is 25.0 Å². The average Bonchev–Trinajstić information content (AvgIpc) is 1.59. The predicted octanol–water partition coefficient (Wildman–Crippen LogP) is 27.1. The van der Waals surface area contributed by atoms with Crippen molar-refractivity contribution in [2.75, 3.05) is 0 Å². The van der Waals surface area contributed by atoms with Crippen molar-refractivity contribution in [3.8, 4) is 78.9 Å². The highest BCUT2D eigenvalue weighted by Gasteiger charge is 2.36. The van der Waals surface area contributed by atoms with Crippen LogP contribution in [0.25, 0.3) is 206 Å². The van der Waals surface area contributed by atoms with Gasteiger partial charge in [0, 0.05) is 89.2 Å². The Morgan fingerprint density at radius 1 is 0.252 bits per heavy atom. The van der Waals surface area contributed by atoms with E-state index in [1.54, 1.807) is 0 Å². The van der Waals surface area contributed by atoms with Crippen LogP contribution in [0, 0.1) is 0 Å². The summed E-state index contributed by atoms with van der Waals surface area (Å²) in [5, 5.41) is 17.0. The fourth-order valence-electron chi connectivity index (χ4n) is 17.4. The third-order valence-corrected chi connectivity index (χ3v) is 24.9. The summed E-state index contributed by atoms with van der Waals surface area (Å²) in [5.41, 5.74) is 22.8. The molecule has 16 aromatic carbocycles. The molecule has 0 unspecified atom stereocenters. The second-order valence-electron chi connectivity index (χ2n) is 28.7. The molecule has 0 fully saturated rings. The lowest BCUT2D eigenvalue weighted by Crippen LogP contribution is -2.15. The Morgan fingerprint density at radius 3 is 1.23 bits per heavy atom. The molecule has 0 atom stereocenters. The number of nitrogens with zero attached hydrogens (tertiary/aromatic N) is 6. The lowest BCUT2D eigenvalue weighted by Gasteiger charge is -2.22. The van der Waals surface area contributed by atoms with Gasteiger partial charge in [0.15, 0.2) is 0 Å². The van der Waals surface area contributed by atoms with Crippen molar-refractivity contribution < 1.29 is 0 Å². The third kappa shape index (κ3) is 9.56. The van der Waals surface area contributed by atoms with Crippen molar-refractivity contribution in [2.45, 2.75) is 19.3 Å². The summed E-state index contributed by atoms with van der Waals surface area (Å²) < 4.78 is 9.81. The van der Waals surface area contributed by atoms with E-state index in [-0.39, 0.29) is 5.41 Å². The van der Waals surface area contributed by atoms with Crippen LogP contribution in [-0.2, 0) is 5.41 Å². The second-order valence-corrected chi connectivity index (χ2v) is 30.8. The molecule has 1 aliphatic carbocycles. The Morgan fingerprint density at radius 2 is 0.664 bits per heavy atom. The number of hydrogen-bond acceptors (Lipinski definition) is 6. The molecule has 0 saturated heterocycles. The van der Waals surface area contributed by atoms with Gasteiger partial charge in [0.2, 0.25) is 11.9 Å². The summed E-state index contributed by atoms with van der Waals surface area (Å²) in [4.78, 5) is 21.4. The Hall–Kier alpha value is -13.2. The van der Waals surface area contributed by atoms with E-state index in [0.717, 1.165) is 72.0 Å². The van der Waals surface area contributed by atoms with Gasteiger partial charge in [-0.2, -0.15) is 0 Å². The SMILES string of the molecule is CC1(C)c2ccccc2-c2ccc(-c3nc(-n4c5ccccc5c5c6cc(-c7cccc8c7sc7ccccc78)ccc6ccc54)nc4ccccc34)cc21.c1ccc(-c2cccc(-c3nc(-n4c5ccccc5c5c6cc(-c7cccc8c7sc7ccccc78)ccc6ccc54)nc4ccccc34)c2)cc1. The number of benzene rings is 16.